The van der Waals surface area contributed by atoms with Gasteiger partial charge >= 0.3 is 0 Å². The first-order chi connectivity index (χ1) is 10.8. The van der Waals surface area contributed by atoms with Crippen molar-refractivity contribution in [3.63, 3.8) is 0 Å². The summed E-state index contributed by atoms with van der Waals surface area (Å²) in [6, 6.07) is 21.0. The summed E-state index contributed by atoms with van der Waals surface area (Å²) in [5, 5.41) is 3.66. The van der Waals surface area contributed by atoms with Gasteiger partial charge in [0.1, 0.15) is 11.3 Å². The van der Waals surface area contributed by atoms with Crippen LogP contribution in [0.3, 0.4) is 0 Å². The fourth-order valence-electron chi connectivity index (χ4n) is 3.16. The number of hydrogen-bond donors (Lipinski definition) is 0. The van der Waals surface area contributed by atoms with Crippen LogP contribution in [0, 0.1) is 6.92 Å². The molecule has 0 bridgehead atoms. The van der Waals surface area contributed by atoms with Crippen molar-refractivity contribution in [2.45, 2.75) is 6.92 Å². The summed E-state index contributed by atoms with van der Waals surface area (Å²) >= 11 is 0. The van der Waals surface area contributed by atoms with E-state index in [1.54, 1.807) is 0 Å². The van der Waals surface area contributed by atoms with Gasteiger partial charge in [0.15, 0.2) is 0 Å². The van der Waals surface area contributed by atoms with Crippen molar-refractivity contribution in [1.29, 1.82) is 0 Å². The van der Waals surface area contributed by atoms with Gasteiger partial charge in [0.2, 0.25) is 0 Å². The van der Waals surface area contributed by atoms with Gasteiger partial charge in [0, 0.05) is 10.9 Å². The van der Waals surface area contributed by atoms with Gasteiger partial charge in [-0.15, -0.1) is 8.86 Å². The van der Waals surface area contributed by atoms with Crippen molar-refractivity contribution in [2.75, 3.05) is 0 Å². The molecule has 0 fully saturated rings. The van der Waals surface area contributed by atoms with E-state index in [4.69, 9.17) is 4.42 Å². The summed E-state index contributed by atoms with van der Waals surface area (Å²) in [4.78, 5) is 0. The molecular formula is C20H15OP. The van der Waals surface area contributed by atoms with E-state index in [1.807, 2.05) is 18.8 Å². The van der Waals surface area contributed by atoms with Crippen molar-refractivity contribution in [2.24, 2.45) is 0 Å². The van der Waals surface area contributed by atoms with Gasteiger partial charge in [0.25, 0.3) is 0 Å². The second-order valence-corrected chi connectivity index (χ2v) is 5.71. The third kappa shape index (κ3) is 1.90. The molecule has 4 aromatic rings. The molecule has 0 unspecified atom stereocenters. The molecule has 0 saturated heterocycles. The first kappa shape index (κ1) is 13.3. The number of aryl methyl sites for hydroxylation is 1. The Bertz CT molecular complexity index is 1010. The summed E-state index contributed by atoms with van der Waals surface area (Å²) in [7, 11) is 3.53. The molecule has 0 saturated carbocycles. The Hall–Kier alpha value is -2.37. The zero-order chi connectivity index (χ0) is 15.1. The van der Waals surface area contributed by atoms with Gasteiger partial charge in [-0.1, -0.05) is 54.6 Å². The molecule has 0 atom stereocenters. The fraction of sp³-hybridized carbons (Fsp3) is 0.0500. The monoisotopic (exact) mass is 302 g/mol. The predicted octanol–water partition coefficient (Wildman–Crippen LogP) is 5.85. The Morgan fingerprint density at radius 2 is 1.68 bits per heavy atom. The summed E-state index contributed by atoms with van der Waals surface area (Å²) < 4.78 is 6.03. The highest BCUT2D eigenvalue weighted by molar-refractivity contribution is 7.19. The Labute approximate surface area is 131 Å². The van der Waals surface area contributed by atoms with E-state index in [0.717, 1.165) is 16.9 Å². The molecule has 0 amide bonds. The van der Waals surface area contributed by atoms with Crippen LogP contribution in [0.2, 0.25) is 0 Å². The Kier molecular flexibility index (Phi) is 3.10. The topological polar surface area (TPSA) is 13.1 Å². The van der Waals surface area contributed by atoms with Crippen molar-refractivity contribution in [3.05, 3.63) is 72.0 Å². The van der Waals surface area contributed by atoms with Gasteiger partial charge in [-0.05, 0) is 40.7 Å². The van der Waals surface area contributed by atoms with Crippen molar-refractivity contribution < 1.29 is 4.42 Å². The minimum atomic E-state index is 0.940. The molecule has 3 aromatic carbocycles. The van der Waals surface area contributed by atoms with Crippen LogP contribution in [0.1, 0.15) is 11.3 Å². The van der Waals surface area contributed by atoms with Gasteiger partial charge in [-0.25, -0.2) is 0 Å². The van der Waals surface area contributed by atoms with E-state index in [1.165, 1.54) is 27.3 Å². The fourth-order valence-corrected chi connectivity index (χ4v) is 3.41. The molecule has 22 heavy (non-hydrogen) atoms. The van der Waals surface area contributed by atoms with Gasteiger partial charge < -0.3 is 4.42 Å². The Morgan fingerprint density at radius 1 is 0.909 bits per heavy atom. The minimum absolute atomic E-state index is 0.940. The van der Waals surface area contributed by atoms with Crippen LogP contribution in [0.25, 0.3) is 32.9 Å². The van der Waals surface area contributed by atoms with Crippen LogP contribution < -0.4 is 0 Å². The van der Waals surface area contributed by atoms with E-state index in [9.17, 15) is 0 Å². The van der Waals surface area contributed by atoms with Crippen molar-refractivity contribution in [3.8, 4) is 11.1 Å². The van der Waals surface area contributed by atoms with Crippen LogP contribution in [-0.2, 0) is 0 Å². The molecule has 1 aromatic heterocycles. The van der Waals surface area contributed by atoms with E-state index in [-0.39, 0.29) is 0 Å². The molecular weight excluding hydrogens is 287 g/mol. The average molecular weight is 302 g/mol. The smallest absolute Gasteiger partial charge is 0.135 e. The van der Waals surface area contributed by atoms with Crippen LogP contribution >= 0.6 is 8.86 Å². The summed E-state index contributed by atoms with van der Waals surface area (Å²) in [5.74, 6) is 2.91. The van der Waals surface area contributed by atoms with Crippen LogP contribution in [0.5, 0.6) is 0 Å². The lowest BCUT2D eigenvalue weighted by Gasteiger charge is -2.07. The number of benzene rings is 3. The van der Waals surface area contributed by atoms with Gasteiger partial charge in [-0.2, -0.15) is 0 Å². The van der Waals surface area contributed by atoms with Crippen LogP contribution in [0.4, 0.5) is 0 Å². The molecule has 0 aliphatic rings. The van der Waals surface area contributed by atoms with Gasteiger partial charge in [0.05, 0.1) is 0 Å². The lowest BCUT2D eigenvalue weighted by Crippen LogP contribution is -1.87. The molecule has 4 rings (SSSR count). The molecule has 0 N–H and O–H groups in total. The minimum Gasteiger partial charge on any atom is -0.461 e. The first-order valence-corrected chi connectivity index (χ1v) is 7.88. The number of rotatable bonds is 2. The molecule has 2 heteroatoms. The molecule has 0 aliphatic carbocycles. The molecule has 0 aliphatic heterocycles. The lowest BCUT2D eigenvalue weighted by molar-refractivity contribution is 0.580. The summed E-state index contributed by atoms with van der Waals surface area (Å²) in [6.07, 6.45) is 0. The normalized spacial score (nSPS) is 11.1. The number of fused-ring (bicyclic) bond motifs is 3. The Morgan fingerprint density at radius 3 is 2.55 bits per heavy atom. The highest BCUT2D eigenvalue weighted by atomic mass is 31.0. The largest absolute Gasteiger partial charge is 0.461 e. The zero-order valence-electron chi connectivity index (χ0n) is 12.3. The second-order valence-electron chi connectivity index (χ2n) is 5.42. The van der Waals surface area contributed by atoms with Crippen LogP contribution in [-0.4, -0.2) is 5.80 Å². The predicted molar refractivity (Wildman–Crippen MR) is 97.4 cm³/mol. The Balaban J connectivity index is 2.20. The maximum Gasteiger partial charge on any atom is 0.135 e. The lowest BCUT2D eigenvalue weighted by atomic mass is 9.95. The summed E-state index contributed by atoms with van der Waals surface area (Å²) in [6.45, 7) is 2.04. The molecule has 0 spiro atoms. The van der Waals surface area contributed by atoms with E-state index < -0.39 is 0 Å². The zero-order valence-corrected chi connectivity index (χ0v) is 13.3. The standard InChI is InChI=1S/C20H15OP/c1-13-19(17-9-5-3-7-15(17)12-22)20-16-8-4-2-6-14(16)10-11-18(20)21-13/h2-12,22H,1H3. The van der Waals surface area contributed by atoms with Crippen molar-refractivity contribution >= 4 is 36.4 Å². The first-order valence-electron chi connectivity index (χ1n) is 7.30. The SMILES string of the molecule is Cc1oc2ccc3ccccc3c2c1-c1ccccc1C=P. The van der Waals surface area contributed by atoms with Gasteiger partial charge in [-0.3, -0.25) is 0 Å². The third-order valence-corrected chi connectivity index (χ3v) is 4.45. The molecule has 1 nitrogen and oxygen atoms in total. The molecule has 1 heterocycles. The molecule has 106 valence electrons. The van der Waals surface area contributed by atoms with Crippen LogP contribution in [0.15, 0.2) is 65.1 Å². The average Bonchev–Trinajstić information content (AvgIpc) is 2.91. The second kappa shape index (κ2) is 5.12. The number of furan rings is 1. The maximum absolute atomic E-state index is 6.03. The van der Waals surface area contributed by atoms with E-state index in [2.05, 4.69) is 63.5 Å². The highest BCUT2D eigenvalue weighted by Gasteiger charge is 2.17. The maximum atomic E-state index is 6.03. The quantitative estimate of drug-likeness (QED) is 0.423. The van der Waals surface area contributed by atoms with E-state index >= 15 is 0 Å². The summed E-state index contributed by atoms with van der Waals surface area (Å²) in [5.41, 5.74) is 4.45. The number of hydrogen-bond acceptors (Lipinski definition) is 1. The highest BCUT2D eigenvalue weighted by Crippen LogP contribution is 2.39. The third-order valence-electron chi connectivity index (χ3n) is 4.14. The van der Waals surface area contributed by atoms with Crippen molar-refractivity contribution in [1.82, 2.24) is 0 Å². The molecule has 0 radical (unpaired) electrons. The van der Waals surface area contributed by atoms with E-state index in [0.29, 0.717) is 0 Å².